The summed E-state index contributed by atoms with van der Waals surface area (Å²) in [4.78, 5) is 14.3. The van der Waals surface area contributed by atoms with Gasteiger partial charge in [-0.3, -0.25) is 10.1 Å². The van der Waals surface area contributed by atoms with Gasteiger partial charge in [0.15, 0.2) is 0 Å². The van der Waals surface area contributed by atoms with Gasteiger partial charge in [-0.15, -0.1) is 0 Å². The number of nitro groups is 1. The lowest BCUT2D eigenvalue weighted by molar-refractivity contribution is -0.384. The van der Waals surface area contributed by atoms with Crippen LogP contribution in [0.4, 0.5) is 11.4 Å². The number of non-ortho nitro benzene ring substituents is 1. The largest absolute Gasteiger partial charge is 0.497 e. The highest BCUT2D eigenvalue weighted by Gasteiger charge is 2.07. The highest BCUT2D eigenvalue weighted by atomic mass is 16.6. The number of nitrogens with zero attached hydrogens (tertiary/aromatic N) is 3. The van der Waals surface area contributed by atoms with Crippen LogP contribution >= 0.6 is 0 Å². The molecule has 0 aromatic heterocycles. The summed E-state index contributed by atoms with van der Waals surface area (Å²) in [7, 11) is 5.46. The van der Waals surface area contributed by atoms with E-state index in [1.807, 2.05) is 30.0 Å². The molecule has 0 fully saturated rings. The molecule has 0 heterocycles. The average molecular weight is 317 g/mol. The summed E-state index contributed by atoms with van der Waals surface area (Å²) in [6.07, 6.45) is 3.61. The molecule has 0 amide bonds. The number of anilines is 1. The number of ether oxygens (including phenoxy) is 1. The Kier molecular flexibility index (Phi) is 6.86. The Hall–Kier alpha value is -2.76. The number of nitro benzene ring substituents is 1. The molecule has 0 aliphatic heterocycles. The fourth-order valence-corrected chi connectivity index (χ4v) is 1.79. The molecular weight excluding hydrogens is 294 g/mol. The molecular formula is C17H23N3O3. The van der Waals surface area contributed by atoms with Crippen LogP contribution in [-0.2, 0) is 4.74 Å². The van der Waals surface area contributed by atoms with Crippen LogP contribution in [0.3, 0.4) is 0 Å². The molecule has 0 saturated heterocycles. The zero-order chi connectivity index (χ0) is 17.4. The first-order chi connectivity index (χ1) is 10.8. The van der Waals surface area contributed by atoms with Gasteiger partial charge < -0.3 is 14.5 Å². The summed E-state index contributed by atoms with van der Waals surface area (Å²) >= 11 is 0. The first kappa shape index (κ1) is 18.3. The first-order valence-electron chi connectivity index (χ1n) is 7.11. The minimum atomic E-state index is -0.401. The van der Waals surface area contributed by atoms with Crippen LogP contribution in [0.2, 0.25) is 0 Å². The van der Waals surface area contributed by atoms with Crippen molar-refractivity contribution in [1.82, 2.24) is 4.90 Å². The van der Waals surface area contributed by atoms with E-state index in [0.717, 1.165) is 24.5 Å². The predicted molar refractivity (Wildman–Crippen MR) is 93.4 cm³/mol. The Labute approximate surface area is 137 Å². The molecule has 23 heavy (non-hydrogen) atoms. The van der Waals surface area contributed by atoms with Crippen LogP contribution in [-0.4, -0.2) is 44.1 Å². The second-order valence-corrected chi connectivity index (χ2v) is 5.11. The zero-order valence-corrected chi connectivity index (χ0v) is 13.9. The van der Waals surface area contributed by atoms with Gasteiger partial charge in [0.1, 0.15) is 5.76 Å². The monoisotopic (exact) mass is 317 g/mol. The molecule has 1 rings (SSSR count). The van der Waals surface area contributed by atoms with Crippen LogP contribution in [0, 0.1) is 10.1 Å². The molecule has 0 radical (unpaired) electrons. The van der Waals surface area contributed by atoms with Crippen LogP contribution in [0.1, 0.15) is 0 Å². The highest BCUT2D eigenvalue weighted by molar-refractivity contribution is 5.50. The fraction of sp³-hybridized carbons (Fsp3) is 0.294. The number of hydrogen-bond acceptors (Lipinski definition) is 5. The van der Waals surface area contributed by atoms with Gasteiger partial charge in [0.25, 0.3) is 5.69 Å². The van der Waals surface area contributed by atoms with Crippen molar-refractivity contribution in [1.29, 1.82) is 0 Å². The molecule has 6 heteroatoms. The van der Waals surface area contributed by atoms with Crippen LogP contribution < -0.4 is 4.90 Å². The summed E-state index contributed by atoms with van der Waals surface area (Å²) < 4.78 is 4.97. The van der Waals surface area contributed by atoms with E-state index in [-0.39, 0.29) is 5.69 Å². The Bertz CT molecular complexity index is 594. The van der Waals surface area contributed by atoms with Crippen molar-refractivity contribution >= 4 is 11.4 Å². The van der Waals surface area contributed by atoms with Crippen molar-refractivity contribution in [2.75, 3.05) is 39.2 Å². The molecule has 124 valence electrons. The van der Waals surface area contributed by atoms with Crippen LogP contribution in [0.5, 0.6) is 0 Å². The fourth-order valence-electron chi connectivity index (χ4n) is 1.79. The van der Waals surface area contributed by atoms with Gasteiger partial charge in [0.05, 0.1) is 12.0 Å². The number of likely N-dealkylation sites (N-methyl/N-ethyl adjacent to an activating group) is 2. The Balaban J connectivity index is 2.53. The average Bonchev–Trinajstić information content (AvgIpc) is 2.56. The van der Waals surface area contributed by atoms with E-state index in [0.29, 0.717) is 5.76 Å². The van der Waals surface area contributed by atoms with Gasteiger partial charge in [-0.1, -0.05) is 13.2 Å². The van der Waals surface area contributed by atoms with Crippen molar-refractivity contribution in [3.05, 3.63) is 71.1 Å². The van der Waals surface area contributed by atoms with Crippen molar-refractivity contribution < 1.29 is 9.66 Å². The van der Waals surface area contributed by atoms with Crippen LogP contribution in [0.25, 0.3) is 0 Å². The summed E-state index contributed by atoms with van der Waals surface area (Å²) in [5.74, 6) is 0.572. The molecule has 0 atom stereocenters. The number of benzene rings is 1. The van der Waals surface area contributed by atoms with Gasteiger partial charge in [0, 0.05) is 50.7 Å². The predicted octanol–water partition coefficient (Wildman–Crippen LogP) is 3.19. The van der Waals surface area contributed by atoms with Crippen LogP contribution in [0.15, 0.2) is 61.0 Å². The minimum absolute atomic E-state index is 0.0937. The maximum absolute atomic E-state index is 10.7. The number of rotatable bonds is 9. The third kappa shape index (κ3) is 5.86. The maximum atomic E-state index is 10.7. The number of hydrogen-bond donors (Lipinski definition) is 0. The third-order valence-corrected chi connectivity index (χ3v) is 3.49. The molecule has 0 aliphatic rings. The maximum Gasteiger partial charge on any atom is 0.269 e. The molecule has 0 N–H and O–H groups in total. The topological polar surface area (TPSA) is 58.9 Å². The Morgan fingerprint density at radius 3 is 2.35 bits per heavy atom. The van der Waals surface area contributed by atoms with E-state index < -0.39 is 4.92 Å². The molecule has 0 aliphatic carbocycles. The third-order valence-electron chi connectivity index (χ3n) is 3.49. The lowest BCUT2D eigenvalue weighted by atomic mass is 10.2. The van der Waals surface area contributed by atoms with Crippen molar-refractivity contribution in [3.63, 3.8) is 0 Å². The summed E-state index contributed by atoms with van der Waals surface area (Å²) in [6, 6.07) is 6.51. The summed E-state index contributed by atoms with van der Waals surface area (Å²) in [5.41, 5.74) is 1.87. The summed E-state index contributed by atoms with van der Waals surface area (Å²) in [6.45, 7) is 9.22. The normalized spacial score (nSPS) is 10.4. The standard InChI is InChI=1S/C17H23N3O3/c1-14(6-7-15(2)23-5)18(3)12-13-19(4)16-8-10-17(11-9-16)20(21)22/h6-11H,1-2,12-13H2,3-5H3/b7-6-. The van der Waals surface area contributed by atoms with Crippen molar-refractivity contribution in [2.45, 2.75) is 0 Å². The SMILES string of the molecule is C=C(/C=C\C(=C)N(C)CCN(C)c1ccc([N+](=O)[O-])cc1)OC. The summed E-state index contributed by atoms with van der Waals surface area (Å²) in [5, 5.41) is 10.7. The van der Waals surface area contributed by atoms with E-state index in [9.17, 15) is 10.1 Å². The van der Waals surface area contributed by atoms with E-state index in [1.54, 1.807) is 25.3 Å². The van der Waals surface area contributed by atoms with Crippen molar-refractivity contribution in [2.24, 2.45) is 0 Å². The van der Waals surface area contributed by atoms with Gasteiger partial charge in [-0.25, -0.2) is 0 Å². The van der Waals surface area contributed by atoms with Gasteiger partial charge in [0.2, 0.25) is 0 Å². The highest BCUT2D eigenvalue weighted by Crippen LogP contribution is 2.18. The molecule has 0 bridgehead atoms. The second-order valence-electron chi connectivity index (χ2n) is 5.11. The second kappa shape index (κ2) is 8.63. The lowest BCUT2D eigenvalue weighted by Crippen LogP contribution is -2.29. The molecule has 1 aromatic carbocycles. The smallest absolute Gasteiger partial charge is 0.269 e. The van der Waals surface area contributed by atoms with E-state index in [4.69, 9.17) is 4.74 Å². The quantitative estimate of drug-likeness (QED) is 0.303. The lowest BCUT2D eigenvalue weighted by Gasteiger charge is -2.25. The Morgan fingerprint density at radius 2 is 1.83 bits per heavy atom. The Morgan fingerprint density at radius 1 is 1.22 bits per heavy atom. The van der Waals surface area contributed by atoms with Gasteiger partial charge in [-0.05, 0) is 24.3 Å². The molecule has 6 nitrogen and oxygen atoms in total. The molecule has 0 saturated carbocycles. The van der Waals surface area contributed by atoms with E-state index in [1.165, 1.54) is 12.1 Å². The van der Waals surface area contributed by atoms with Crippen molar-refractivity contribution in [3.8, 4) is 0 Å². The molecule has 0 unspecified atom stereocenters. The van der Waals surface area contributed by atoms with Gasteiger partial charge in [-0.2, -0.15) is 0 Å². The number of methoxy groups -OCH3 is 1. The number of allylic oxidation sites excluding steroid dienone is 2. The zero-order valence-electron chi connectivity index (χ0n) is 13.9. The molecule has 1 aromatic rings. The van der Waals surface area contributed by atoms with E-state index >= 15 is 0 Å². The minimum Gasteiger partial charge on any atom is -0.497 e. The van der Waals surface area contributed by atoms with E-state index in [2.05, 4.69) is 13.2 Å². The molecule has 0 spiro atoms. The first-order valence-corrected chi connectivity index (χ1v) is 7.11. The van der Waals surface area contributed by atoms with Gasteiger partial charge >= 0.3 is 0 Å².